The van der Waals surface area contributed by atoms with Crippen molar-refractivity contribution in [1.82, 2.24) is 0 Å². The molecular formula is C15H12BrNO4. The van der Waals surface area contributed by atoms with Gasteiger partial charge in [0.2, 0.25) is 5.75 Å². The number of nitrogens with zero attached hydrogens (tertiary/aromatic N) is 1. The Morgan fingerprint density at radius 2 is 1.81 bits per heavy atom. The molecule has 0 fully saturated rings. The van der Waals surface area contributed by atoms with Crippen molar-refractivity contribution in [2.45, 2.75) is 13.8 Å². The third-order valence-electron chi connectivity index (χ3n) is 2.95. The molecule has 0 unspecified atom stereocenters. The van der Waals surface area contributed by atoms with Crippen molar-refractivity contribution < 1.29 is 14.5 Å². The number of aryl methyl sites for hydroxylation is 2. The molecule has 6 heteroatoms. The normalized spacial score (nSPS) is 10.2. The van der Waals surface area contributed by atoms with Crippen LogP contribution in [0.3, 0.4) is 0 Å². The van der Waals surface area contributed by atoms with Crippen molar-refractivity contribution in [3.8, 4) is 11.5 Å². The zero-order valence-corrected chi connectivity index (χ0v) is 13.0. The Hall–Kier alpha value is -2.21. The number of ether oxygens (including phenoxy) is 1. The number of aldehydes is 1. The molecule has 2 rings (SSSR count). The lowest BCUT2D eigenvalue weighted by Gasteiger charge is -2.10. The maximum Gasteiger partial charge on any atom is 0.312 e. The molecule has 0 saturated heterocycles. The summed E-state index contributed by atoms with van der Waals surface area (Å²) in [4.78, 5) is 21.2. The summed E-state index contributed by atoms with van der Waals surface area (Å²) in [6, 6.07) is 7.67. The van der Waals surface area contributed by atoms with Gasteiger partial charge < -0.3 is 4.74 Å². The number of hydrogen-bond acceptors (Lipinski definition) is 4. The Morgan fingerprint density at radius 3 is 2.33 bits per heavy atom. The standard InChI is InChI=1S/C15H12BrNO4/c1-9-5-12(6-10(2)15(9)16)21-14-4-3-11(8-18)7-13(14)17(19)20/h3-8H,1-2H3. The fourth-order valence-corrected chi connectivity index (χ4v) is 2.16. The van der Waals surface area contributed by atoms with Crippen LogP contribution in [0.4, 0.5) is 5.69 Å². The Kier molecular flexibility index (Phi) is 4.37. The second-order valence-corrected chi connectivity index (χ2v) is 5.37. The molecule has 0 aliphatic heterocycles. The van der Waals surface area contributed by atoms with Gasteiger partial charge in [-0.15, -0.1) is 0 Å². The van der Waals surface area contributed by atoms with Crippen LogP contribution in [-0.2, 0) is 0 Å². The highest BCUT2D eigenvalue weighted by Crippen LogP contribution is 2.34. The van der Waals surface area contributed by atoms with E-state index >= 15 is 0 Å². The van der Waals surface area contributed by atoms with Gasteiger partial charge in [-0.3, -0.25) is 14.9 Å². The number of hydrogen-bond donors (Lipinski definition) is 0. The number of carbonyl (C=O) groups excluding carboxylic acids is 1. The second-order valence-electron chi connectivity index (χ2n) is 4.58. The summed E-state index contributed by atoms with van der Waals surface area (Å²) in [5.74, 6) is 0.613. The Bertz CT molecular complexity index is 705. The Morgan fingerprint density at radius 1 is 1.19 bits per heavy atom. The molecular weight excluding hydrogens is 338 g/mol. The zero-order chi connectivity index (χ0) is 15.6. The van der Waals surface area contributed by atoms with Gasteiger partial charge in [-0.25, -0.2) is 0 Å². The van der Waals surface area contributed by atoms with Crippen LogP contribution in [0.2, 0.25) is 0 Å². The molecule has 0 radical (unpaired) electrons. The lowest BCUT2D eigenvalue weighted by atomic mass is 10.1. The number of nitro benzene ring substituents is 1. The van der Waals surface area contributed by atoms with Gasteiger partial charge in [0, 0.05) is 16.1 Å². The number of halogens is 1. The minimum absolute atomic E-state index is 0.103. The number of rotatable bonds is 4. The molecule has 0 aromatic heterocycles. The molecule has 2 aromatic rings. The van der Waals surface area contributed by atoms with Crippen LogP contribution in [0, 0.1) is 24.0 Å². The van der Waals surface area contributed by atoms with E-state index in [9.17, 15) is 14.9 Å². The van der Waals surface area contributed by atoms with Gasteiger partial charge in [0.05, 0.1) is 4.92 Å². The fourth-order valence-electron chi connectivity index (χ4n) is 1.93. The third-order valence-corrected chi connectivity index (χ3v) is 4.20. The highest BCUT2D eigenvalue weighted by atomic mass is 79.9. The van der Waals surface area contributed by atoms with Crippen molar-refractivity contribution >= 4 is 27.9 Å². The van der Waals surface area contributed by atoms with Gasteiger partial charge in [-0.05, 0) is 49.2 Å². The maximum atomic E-state index is 11.1. The predicted molar refractivity (Wildman–Crippen MR) is 82.2 cm³/mol. The zero-order valence-electron chi connectivity index (χ0n) is 11.4. The van der Waals surface area contributed by atoms with Crippen LogP contribution in [0.5, 0.6) is 11.5 Å². The van der Waals surface area contributed by atoms with E-state index in [1.165, 1.54) is 18.2 Å². The van der Waals surface area contributed by atoms with Gasteiger partial charge in [-0.2, -0.15) is 0 Å². The van der Waals surface area contributed by atoms with Gasteiger partial charge in [-0.1, -0.05) is 15.9 Å². The highest BCUT2D eigenvalue weighted by molar-refractivity contribution is 9.10. The molecule has 0 amide bonds. The van der Waals surface area contributed by atoms with Crippen molar-refractivity contribution in [3.05, 3.63) is 61.6 Å². The lowest BCUT2D eigenvalue weighted by molar-refractivity contribution is -0.385. The van der Waals surface area contributed by atoms with Gasteiger partial charge in [0.25, 0.3) is 0 Å². The van der Waals surface area contributed by atoms with Gasteiger partial charge >= 0.3 is 5.69 Å². The van der Waals surface area contributed by atoms with Gasteiger partial charge in [0.1, 0.15) is 12.0 Å². The summed E-state index contributed by atoms with van der Waals surface area (Å²) in [6.45, 7) is 3.82. The van der Waals surface area contributed by atoms with Crippen LogP contribution in [-0.4, -0.2) is 11.2 Å². The smallest absolute Gasteiger partial charge is 0.312 e. The molecule has 0 saturated carbocycles. The molecule has 0 aliphatic carbocycles. The SMILES string of the molecule is Cc1cc(Oc2ccc(C=O)cc2[N+](=O)[O-])cc(C)c1Br. The highest BCUT2D eigenvalue weighted by Gasteiger charge is 2.17. The topological polar surface area (TPSA) is 69.4 Å². The summed E-state index contributed by atoms with van der Waals surface area (Å²) in [5, 5.41) is 11.1. The third kappa shape index (κ3) is 3.28. The minimum Gasteiger partial charge on any atom is -0.450 e. The molecule has 2 aromatic carbocycles. The summed E-state index contributed by atoms with van der Waals surface area (Å²) >= 11 is 3.45. The van der Waals surface area contributed by atoms with Crippen LogP contribution in [0.15, 0.2) is 34.8 Å². The quantitative estimate of drug-likeness (QED) is 0.460. The van der Waals surface area contributed by atoms with Crippen LogP contribution in [0.25, 0.3) is 0 Å². The van der Waals surface area contributed by atoms with Crippen LogP contribution in [0.1, 0.15) is 21.5 Å². The monoisotopic (exact) mass is 349 g/mol. The summed E-state index contributed by atoms with van der Waals surface area (Å²) in [5.41, 5.74) is 1.93. The Labute approximate surface area is 129 Å². The molecule has 0 spiro atoms. The van der Waals surface area contributed by atoms with Crippen LogP contribution >= 0.6 is 15.9 Å². The number of benzene rings is 2. The van der Waals surface area contributed by atoms with Crippen molar-refractivity contribution in [2.75, 3.05) is 0 Å². The largest absolute Gasteiger partial charge is 0.450 e. The Balaban J connectivity index is 2.44. The van der Waals surface area contributed by atoms with E-state index in [0.717, 1.165) is 15.6 Å². The van der Waals surface area contributed by atoms with Gasteiger partial charge in [0.15, 0.2) is 0 Å². The number of nitro groups is 1. The molecule has 0 bridgehead atoms. The fraction of sp³-hybridized carbons (Fsp3) is 0.133. The first-order chi connectivity index (χ1) is 9.92. The summed E-state index contributed by atoms with van der Waals surface area (Å²) in [7, 11) is 0. The molecule has 21 heavy (non-hydrogen) atoms. The van der Waals surface area contributed by atoms with E-state index in [0.29, 0.717) is 12.0 Å². The van der Waals surface area contributed by atoms with E-state index in [2.05, 4.69) is 15.9 Å². The van der Waals surface area contributed by atoms with E-state index in [1.807, 2.05) is 13.8 Å². The first-order valence-corrected chi connectivity index (χ1v) is 6.90. The second kappa shape index (κ2) is 6.05. The van der Waals surface area contributed by atoms with Crippen molar-refractivity contribution in [2.24, 2.45) is 0 Å². The first kappa shape index (κ1) is 15.2. The average molecular weight is 350 g/mol. The maximum absolute atomic E-state index is 11.1. The van der Waals surface area contributed by atoms with E-state index < -0.39 is 4.92 Å². The van der Waals surface area contributed by atoms with E-state index in [1.54, 1.807) is 12.1 Å². The first-order valence-electron chi connectivity index (χ1n) is 6.10. The molecule has 0 heterocycles. The molecule has 0 atom stereocenters. The minimum atomic E-state index is -0.569. The van der Waals surface area contributed by atoms with Crippen molar-refractivity contribution in [3.63, 3.8) is 0 Å². The molecule has 5 nitrogen and oxygen atoms in total. The van der Waals surface area contributed by atoms with E-state index in [-0.39, 0.29) is 17.0 Å². The number of carbonyl (C=O) groups is 1. The summed E-state index contributed by atoms with van der Waals surface area (Å²) in [6.07, 6.45) is 0.560. The average Bonchev–Trinajstić information content (AvgIpc) is 2.44. The lowest BCUT2D eigenvalue weighted by Crippen LogP contribution is -1.96. The predicted octanol–water partition coefficient (Wildman–Crippen LogP) is 4.58. The molecule has 0 N–H and O–H groups in total. The summed E-state index contributed by atoms with van der Waals surface area (Å²) < 4.78 is 6.58. The van der Waals surface area contributed by atoms with E-state index in [4.69, 9.17) is 4.74 Å². The van der Waals surface area contributed by atoms with Crippen molar-refractivity contribution in [1.29, 1.82) is 0 Å². The molecule has 0 aliphatic rings. The van der Waals surface area contributed by atoms with Crippen LogP contribution < -0.4 is 4.74 Å². The molecule has 108 valence electrons.